The molecule has 4 nitrogen and oxygen atoms in total. The van der Waals surface area contributed by atoms with Crippen molar-refractivity contribution in [3.05, 3.63) is 0 Å². The first-order valence-electron chi connectivity index (χ1n) is 0.783. The Kier molecular flexibility index (Phi) is 11.4. The Labute approximate surface area is 57.6 Å². The Bertz CT molecular complexity index is 57.8. The normalized spacial score (nSPS) is 8.43. The summed E-state index contributed by atoms with van der Waals surface area (Å²) in [6.45, 7) is 0. The predicted molar refractivity (Wildman–Crippen MR) is 24.2 cm³/mol. The molecule has 0 aromatic rings. The molecule has 0 aliphatic rings. The van der Waals surface area contributed by atoms with E-state index in [0.717, 1.165) is 0 Å². The summed E-state index contributed by atoms with van der Waals surface area (Å²) in [6, 6.07) is 0. The zero-order valence-corrected chi connectivity index (χ0v) is 9.42. The molecular formula is H6ClGeO4P. The number of halogens is 1. The summed E-state index contributed by atoms with van der Waals surface area (Å²) >= 11 is 0. The third-order valence-electron chi connectivity index (χ3n) is 0. The van der Waals surface area contributed by atoms with Crippen molar-refractivity contribution in [2.75, 3.05) is 0 Å². The summed E-state index contributed by atoms with van der Waals surface area (Å²) in [5, 5.41) is 0. The van der Waals surface area contributed by atoms with Gasteiger partial charge in [-0.3, -0.25) is 0 Å². The van der Waals surface area contributed by atoms with Gasteiger partial charge in [0.25, 0.3) is 0 Å². The Hall–Kier alpha value is 0.943. The van der Waals surface area contributed by atoms with Crippen LogP contribution in [-0.4, -0.2) is 32.3 Å². The first-order valence-corrected chi connectivity index (χ1v) is 2.35. The van der Waals surface area contributed by atoms with Crippen molar-refractivity contribution in [2.24, 2.45) is 0 Å². The topological polar surface area (TPSA) is 77.8 Å². The van der Waals surface area contributed by atoms with E-state index < -0.39 is 7.82 Å². The number of hydrogen-bond acceptors (Lipinski definition) is 1. The monoisotopic (exact) mass is 210 g/mol. The van der Waals surface area contributed by atoms with Gasteiger partial charge in [-0.2, -0.15) is 0 Å². The van der Waals surface area contributed by atoms with Gasteiger partial charge >= 0.3 is 25.4 Å². The molecule has 0 rings (SSSR count). The maximum atomic E-state index is 8.88. The molecule has 3 N–H and O–H groups in total. The standard InChI is InChI=1S/ClH.GeH3.H3O4P/c;;1-5(2,3)4/h1H;1H3;(H3,1,2,3,4)/q;+1;/p-1. The summed E-state index contributed by atoms with van der Waals surface area (Å²) in [5.74, 6) is 0. The average Bonchev–Trinajstić information content (AvgIpc) is 0.722. The summed E-state index contributed by atoms with van der Waals surface area (Å²) < 4.78 is 8.88. The van der Waals surface area contributed by atoms with Gasteiger partial charge in [0.2, 0.25) is 0 Å². The van der Waals surface area contributed by atoms with Gasteiger partial charge in [0, 0.05) is 0 Å². The van der Waals surface area contributed by atoms with E-state index in [1.54, 1.807) is 0 Å². The molecule has 0 radical (unpaired) electrons. The Morgan fingerprint density at radius 2 is 1.14 bits per heavy atom. The van der Waals surface area contributed by atoms with Gasteiger partial charge in [0.05, 0.1) is 0 Å². The third-order valence-corrected chi connectivity index (χ3v) is 0. The number of hydrogen-bond donors (Lipinski definition) is 3. The first-order chi connectivity index (χ1) is 2.00. The van der Waals surface area contributed by atoms with Crippen molar-refractivity contribution >= 4 is 25.4 Å². The first kappa shape index (κ1) is 15.7. The second kappa shape index (κ2) is 5.09. The Morgan fingerprint density at radius 1 is 1.14 bits per heavy atom. The molecule has 0 fully saturated rings. The fourth-order valence-corrected chi connectivity index (χ4v) is 0. The van der Waals surface area contributed by atoms with Crippen molar-refractivity contribution in [3.8, 4) is 0 Å². The van der Waals surface area contributed by atoms with Crippen molar-refractivity contribution in [2.45, 2.75) is 0 Å². The van der Waals surface area contributed by atoms with E-state index in [1.807, 2.05) is 0 Å². The molecule has 0 amide bonds. The molecule has 7 heteroatoms. The molecule has 0 aromatic heterocycles. The van der Waals surface area contributed by atoms with E-state index in [4.69, 9.17) is 19.2 Å². The molecule has 7 heavy (non-hydrogen) atoms. The second-order valence-electron chi connectivity index (χ2n) is 0.513. The van der Waals surface area contributed by atoms with Crippen LogP contribution in [0.15, 0.2) is 0 Å². The quantitative estimate of drug-likeness (QED) is 0.275. The molecule has 46 valence electrons. The molecule has 0 aromatic carbocycles. The third kappa shape index (κ3) is 191. The fraction of sp³-hybridized carbons (Fsp3) is 0. The van der Waals surface area contributed by atoms with E-state index in [1.165, 1.54) is 0 Å². The Morgan fingerprint density at radius 3 is 1.14 bits per heavy atom. The van der Waals surface area contributed by atoms with Gasteiger partial charge in [0.15, 0.2) is 0 Å². The average molecular weight is 209 g/mol. The van der Waals surface area contributed by atoms with Crippen LogP contribution < -0.4 is 12.4 Å². The summed E-state index contributed by atoms with van der Waals surface area (Å²) in [4.78, 5) is 21.6. The van der Waals surface area contributed by atoms with Crippen LogP contribution in [0.25, 0.3) is 0 Å². The SMILES string of the molecule is O=P(O)(O)O.[Cl-].[GeH3+]. The molecule has 0 heterocycles. The minimum atomic E-state index is -4.64. The maximum absolute atomic E-state index is 8.88. The van der Waals surface area contributed by atoms with Crippen molar-refractivity contribution in [3.63, 3.8) is 0 Å². The fourth-order valence-electron chi connectivity index (χ4n) is 0. The zero-order valence-electron chi connectivity index (χ0n) is 3.58. The van der Waals surface area contributed by atoms with Crippen LogP contribution in [0.4, 0.5) is 0 Å². The van der Waals surface area contributed by atoms with Gasteiger partial charge in [-0.15, -0.1) is 0 Å². The van der Waals surface area contributed by atoms with Gasteiger partial charge < -0.3 is 27.1 Å². The number of phosphoric acid groups is 1. The summed E-state index contributed by atoms with van der Waals surface area (Å²) in [6.07, 6.45) is 0. The summed E-state index contributed by atoms with van der Waals surface area (Å²) in [7, 11) is -4.64. The van der Waals surface area contributed by atoms with E-state index in [2.05, 4.69) is 0 Å². The zero-order chi connectivity index (χ0) is 4.50. The van der Waals surface area contributed by atoms with E-state index in [9.17, 15) is 0 Å². The molecule has 0 saturated carbocycles. The van der Waals surface area contributed by atoms with Crippen molar-refractivity contribution in [1.82, 2.24) is 0 Å². The van der Waals surface area contributed by atoms with Gasteiger partial charge in [-0.25, -0.2) is 4.57 Å². The molecular weight excluding hydrogens is 203 g/mol. The molecule has 0 saturated heterocycles. The second-order valence-corrected chi connectivity index (χ2v) is 1.54. The van der Waals surface area contributed by atoms with Crippen LogP contribution in [0, 0.1) is 0 Å². The van der Waals surface area contributed by atoms with Gasteiger partial charge in [0.1, 0.15) is 0 Å². The predicted octanol–water partition coefficient (Wildman–Crippen LogP) is -5.11. The Balaban J connectivity index is -0.0000000800. The van der Waals surface area contributed by atoms with Gasteiger partial charge in [-0.1, -0.05) is 0 Å². The van der Waals surface area contributed by atoms with Crippen LogP contribution in [0.1, 0.15) is 0 Å². The van der Waals surface area contributed by atoms with Gasteiger partial charge in [-0.05, 0) is 0 Å². The van der Waals surface area contributed by atoms with Crippen LogP contribution in [0.3, 0.4) is 0 Å². The molecule has 0 bridgehead atoms. The van der Waals surface area contributed by atoms with E-state index >= 15 is 0 Å². The van der Waals surface area contributed by atoms with E-state index in [-0.39, 0.29) is 30.0 Å². The van der Waals surface area contributed by atoms with Crippen molar-refractivity contribution < 1.29 is 31.7 Å². The van der Waals surface area contributed by atoms with Crippen LogP contribution in [-0.2, 0) is 4.57 Å². The molecule has 0 spiro atoms. The van der Waals surface area contributed by atoms with E-state index in [0.29, 0.717) is 0 Å². The summed E-state index contributed by atoms with van der Waals surface area (Å²) in [5.41, 5.74) is 0. The molecule has 0 aliphatic heterocycles. The molecule has 0 aliphatic carbocycles. The van der Waals surface area contributed by atoms with Crippen LogP contribution in [0.2, 0.25) is 0 Å². The van der Waals surface area contributed by atoms with Crippen molar-refractivity contribution in [1.29, 1.82) is 0 Å². The minimum absolute atomic E-state index is 0. The number of rotatable bonds is 0. The van der Waals surface area contributed by atoms with Crippen LogP contribution >= 0.6 is 7.82 Å². The molecule has 0 atom stereocenters. The van der Waals surface area contributed by atoms with Crippen LogP contribution in [0.5, 0.6) is 0 Å². The molecule has 0 unspecified atom stereocenters.